The summed E-state index contributed by atoms with van der Waals surface area (Å²) in [6.45, 7) is 9.87. The second-order valence-electron chi connectivity index (χ2n) is 7.01. The van der Waals surface area contributed by atoms with Crippen LogP contribution >= 0.6 is 11.6 Å². The van der Waals surface area contributed by atoms with Gasteiger partial charge in [-0.1, -0.05) is 11.6 Å². The number of fused-ring (bicyclic) bond motifs is 1. The first-order chi connectivity index (χ1) is 10.8. The molecule has 6 heteroatoms. The van der Waals surface area contributed by atoms with E-state index in [2.05, 4.69) is 11.0 Å². The van der Waals surface area contributed by atoms with E-state index >= 15 is 0 Å². The highest BCUT2D eigenvalue weighted by Crippen LogP contribution is 2.34. The van der Waals surface area contributed by atoms with Crippen molar-refractivity contribution in [3.8, 4) is 0 Å². The predicted molar refractivity (Wildman–Crippen MR) is 90.0 cm³/mol. The number of morpholine rings is 1. The summed E-state index contributed by atoms with van der Waals surface area (Å²) in [5.74, 6) is 0. The molecule has 5 nitrogen and oxygen atoms in total. The number of hydrogen-bond donors (Lipinski definition) is 0. The van der Waals surface area contributed by atoms with Crippen LogP contribution in [0.2, 0.25) is 5.02 Å². The number of amides is 1. The van der Waals surface area contributed by atoms with Gasteiger partial charge >= 0.3 is 6.09 Å². The molecule has 2 aliphatic heterocycles. The lowest BCUT2D eigenvalue weighted by molar-refractivity contribution is 0.0242. The summed E-state index contributed by atoms with van der Waals surface area (Å²) in [4.78, 5) is 16.2. The van der Waals surface area contributed by atoms with E-state index in [9.17, 15) is 4.79 Å². The molecule has 0 bridgehead atoms. The number of hydrogen-bond acceptors (Lipinski definition) is 4. The first-order valence-electron chi connectivity index (χ1n) is 7.95. The van der Waals surface area contributed by atoms with Gasteiger partial charge < -0.3 is 14.4 Å². The van der Waals surface area contributed by atoms with Crippen LogP contribution in [0.5, 0.6) is 0 Å². The van der Waals surface area contributed by atoms with Crippen molar-refractivity contribution in [1.29, 1.82) is 0 Å². The average molecular weight is 339 g/mol. The van der Waals surface area contributed by atoms with E-state index in [0.29, 0.717) is 13.1 Å². The van der Waals surface area contributed by atoms with Crippen molar-refractivity contribution in [2.24, 2.45) is 0 Å². The average Bonchev–Trinajstić information content (AvgIpc) is 2.88. The van der Waals surface area contributed by atoms with Gasteiger partial charge in [0.15, 0.2) is 0 Å². The van der Waals surface area contributed by atoms with Crippen molar-refractivity contribution in [3.05, 3.63) is 28.3 Å². The second-order valence-corrected chi connectivity index (χ2v) is 7.42. The molecule has 23 heavy (non-hydrogen) atoms. The third-order valence-electron chi connectivity index (χ3n) is 3.99. The van der Waals surface area contributed by atoms with Crippen LogP contribution in [0.4, 0.5) is 10.5 Å². The Hall–Kier alpha value is -1.46. The monoisotopic (exact) mass is 338 g/mol. The van der Waals surface area contributed by atoms with Gasteiger partial charge in [0.05, 0.1) is 23.9 Å². The third-order valence-corrected chi connectivity index (χ3v) is 4.30. The summed E-state index contributed by atoms with van der Waals surface area (Å²) in [5.41, 5.74) is 2.78. The number of carbonyl (C=O) groups is 1. The molecule has 1 amide bonds. The van der Waals surface area contributed by atoms with Crippen LogP contribution in [0.3, 0.4) is 0 Å². The van der Waals surface area contributed by atoms with Crippen molar-refractivity contribution >= 4 is 23.4 Å². The van der Waals surface area contributed by atoms with Crippen molar-refractivity contribution < 1.29 is 14.3 Å². The molecule has 126 valence electrons. The smallest absolute Gasteiger partial charge is 0.410 e. The van der Waals surface area contributed by atoms with Crippen LogP contribution < -0.4 is 4.90 Å². The normalized spacial score (nSPS) is 18.1. The summed E-state index contributed by atoms with van der Waals surface area (Å²) in [5, 5.41) is 0.733. The fraction of sp³-hybridized carbons (Fsp3) is 0.588. The standard InChI is InChI=1S/C17H23ClN2O3/c1-17(2,3)23-16(21)20-10-12-8-14(18)15(9-13(12)11-20)19-4-6-22-7-5-19/h8-9H,4-7,10-11H2,1-3H3. The zero-order chi connectivity index (χ0) is 16.6. The molecule has 0 unspecified atom stereocenters. The number of halogens is 1. The maximum absolute atomic E-state index is 12.2. The number of rotatable bonds is 1. The number of carbonyl (C=O) groups excluding carboxylic acids is 1. The van der Waals surface area contributed by atoms with E-state index in [1.165, 1.54) is 0 Å². The number of anilines is 1. The summed E-state index contributed by atoms with van der Waals surface area (Å²) >= 11 is 6.46. The van der Waals surface area contributed by atoms with Crippen LogP contribution in [0.25, 0.3) is 0 Å². The second kappa shape index (κ2) is 6.21. The van der Waals surface area contributed by atoms with E-state index in [1.807, 2.05) is 26.8 Å². The summed E-state index contributed by atoms with van der Waals surface area (Å²) in [6.07, 6.45) is -0.280. The molecule has 0 aromatic heterocycles. The molecular weight excluding hydrogens is 316 g/mol. The lowest BCUT2D eigenvalue weighted by atomic mass is 10.1. The van der Waals surface area contributed by atoms with Gasteiger partial charge in [-0.2, -0.15) is 0 Å². The molecule has 1 aromatic rings. The van der Waals surface area contributed by atoms with Gasteiger partial charge in [-0.3, -0.25) is 4.90 Å². The molecular formula is C17H23ClN2O3. The molecule has 0 spiro atoms. The van der Waals surface area contributed by atoms with Gasteiger partial charge in [0.1, 0.15) is 5.60 Å². The predicted octanol–water partition coefficient (Wildman–Crippen LogP) is 3.43. The largest absolute Gasteiger partial charge is 0.444 e. The summed E-state index contributed by atoms with van der Waals surface area (Å²) < 4.78 is 10.9. The van der Waals surface area contributed by atoms with Gasteiger partial charge in [0.25, 0.3) is 0 Å². The molecule has 0 radical (unpaired) electrons. The third kappa shape index (κ3) is 3.72. The van der Waals surface area contributed by atoms with Gasteiger partial charge in [-0.15, -0.1) is 0 Å². The summed E-state index contributed by atoms with van der Waals surface area (Å²) in [7, 11) is 0. The van der Waals surface area contributed by atoms with Gasteiger partial charge in [0.2, 0.25) is 0 Å². The molecule has 1 fully saturated rings. The first kappa shape index (κ1) is 16.4. The van der Waals surface area contributed by atoms with Crippen LogP contribution in [-0.4, -0.2) is 42.9 Å². The van der Waals surface area contributed by atoms with Crippen LogP contribution in [0, 0.1) is 0 Å². The Morgan fingerprint density at radius 1 is 1.17 bits per heavy atom. The van der Waals surface area contributed by atoms with Gasteiger partial charge in [-0.05, 0) is 44.0 Å². The molecule has 2 aliphatic rings. The van der Waals surface area contributed by atoms with E-state index in [0.717, 1.165) is 48.1 Å². The Labute approximate surface area is 142 Å². The highest BCUT2D eigenvalue weighted by Gasteiger charge is 2.29. The Kier molecular flexibility index (Phi) is 4.43. The Morgan fingerprint density at radius 3 is 2.39 bits per heavy atom. The minimum atomic E-state index is -0.484. The molecule has 0 saturated carbocycles. The van der Waals surface area contributed by atoms with Crippen molar-refractivity contribution in [1.82, 2.24) is 4.90 Å². The van der Waals surface area contributed by atoms with E-state index in [4.69, 9.17) is 21.1 Å². The van der Waals surface area contributed by atoms with Crippen LogP contribution in [-0.2, 0) is 22.6 Å². The molecule has 0 atom stereocenters. The van der Waals surface area contributed by atoms with E-state index in [1.54, 1.807) is 4.90 Å². The molecule has 1 aromatic carbocycles. The molecule has 2 heterocycles. The molecule has 0 aliphatic carbocycles. The highest BCUT2D eigenvalue weighted by atomic mass is 35.5. The fourth-order valence-corrected chi connectivity index (χ4v) is 3.22. The van der Waals surface area contributed by atoms with Crippen molar-refractivity contribution in [3.63, 3.8) is 0 Å². The van der Waals surface area contributed by atoms with Crippen LogP contribution in [0.1, 0.15) is 31.9 Å². The first-order valence-corrected chi connectivity index (χ1v) is 8.33. The number of benzene rings is 1. The zero-order valence-electron chi connectivity index (χ0n) is 13.9. The number of ether oxygens (including phenoxy) is 2. The Morgan fingerprint density at radius 2 is 1.78 bits per heavy atom. The summed E-state index contributed by atoms with van der Waals surface area (Å²) in [6, 6.07) is 4.08. The molecule has 1 saturated heterocycles. The van der Waals surface area contributed by atoms with E-state index < -0.39 is 5.60 Å². The molecule has 3 rings (SSSR count). The topological polar surface area (TPSA) is 42.0 Å². The minimum Gasteiger partial charge on any atom is -0.444 e. The Bertz CT molecular complexity index is 607. The van der Waals surface area contributed by atoms with Gasteiger partial charge in [-0.25, -0.2) is 4.79 Å². The Balaban J connectivity index is 1.76. The lowest BCUT2D eigenvalue weighted by Gasteiger charge is -2.30. The SMILES string of the molecule is CC(C)(C)OC(=O)N1Cc2cc(Cl)c(N3CCOCC3)cc2C1. The fourth-order valence-electron chi connectivity index (χ4n) is 2.91. The number of nitrogens with zero attached hydrogens (tertiary/aromatic N) is 2. The quantitative estimate of drug-likeness (QED) is 0.786. The van der Waals surface area contributed by atoms with Crippen molar-refractivity contribution in [2.75, 3.05) is 31.2 Å². The van der Waals surface area contributed by atoms with Crippen molar-refractivity contribution in [2.45, 2.75) is 39.5 Å². The zero-order valence-corrected chi connectivity index (χ0v) is 14.7. The van der Waals surface area contributed by atoms with Gasteiger partial charge in [0, 0.05) is 26.2 Å². The highest BCUT2D eigenvalue weighted by molar-refractivity contribution is 6.33. The lowest BCUT2D eigenvalue weighted by Crippen LogP contribution is -2.36. The minimum absolute atomic E-state index is 0.280. The molecule has 0 N–H and O–H groups in total. The maximum atomic E-state index is 12.2. The van der Waals surface area contributed by atoms with E-state index in [-0.39, 0.29) is 6.09 Å². The van der Waals surface area contributed by atoms with Crippen LogP contribution in [0.15, 0.2) is 12.1 Å². The maximum Gasteiger partial charge on any atom is 0.410 e.